The molecule has 9 heteroatoms. The highest BCUT2D eigenvalue weighted by Gasteiger charge is 2.39. The minimum atomic E-state index is -1.13. The number of nitrogens with zero attached hydrogens (tertiary/aromatic N) is 1. The fourth-order valence-electron chi connectivity index (χ4n) is 2.19. The van der Waals surface area contributed by atoms with E-state index < -0.39 is 29.7 Å². The van der Waals surface area contributed by atoms with Crippen LogP contribution in [0, 0.1) is 0 Å². The van der Waals surface area contributed by atoms with Crippen LogP contribution in [0.4, 0.5) is 4.79 Å². The largest absolute Gasteiger partial charge is 0.444 e. The number of aliphatic hydroxyl groups excluding tert-OH is 1. The first-order chi connectivity index (χ1) is 10.7. The molecule has 8 nitrogen and oxygen atoms in total. The minimum absolute atomic E-state index is 0.125. The van der Waals surface area contributed by atoms with Gasteiger partial charge >= 0.3 is 6.09 Å². The molecular weight excluding hydrogens is 322 g/mol. The first-order valence-corrected chi connectivity index (χ1v) is 7.85. The Balaban J connectivity index is 1.93. The Labute approximate surface area is 137 Å². The smallest absolute Gasteiger partial charge is 0.408 e. The number of ether oxygens (including phenoxy) is 1. The van der Waals surface area contributed by atoms with E-state index in [4.69, 9.17) is 9.94 Å². The fourth-order valence-corrected chi connectivity index (χ4v) is 3.15. The van der Waals surface area contributed by atoms with Gasteiger partial charge in [-0.15, -0.1) is 11.3 Å². The van der Waals surface area contributed by atoms with Crippen molar-refractivity contribution < 1.29 is 24.6 Å². The van der Waals surface area contributed by atoms with E-state index in [2.05, 4.69) is 15.8 Å². The van der Waals surface area contributed by atoms with Crippen LogP contribution in [0.3, 0.4) is 0 Å². The summed E-state index contributed by atoms with van der Waals surface area (Å²) in [5.41, 5.74) is 0.154. The molecule has 0 fully saturated rings. The van der Waals surface area contributed by atoms with Crippen LogP contribution in [0.5, 0.6) is 0 Å². The molecule has 0 saturated heterocycles. The zero-order valence-electron chi connectivity index (χ0n) is 13.0. The molecule has 1 aliphatic rings. The van der Waals surface area contributed by atoms with E-state index in [0.717, 1.165) is 0 Å². The molecule has 2 atom stereocenters. The number of nitrogens with one attached hydrogen (secondary N) is 2. The van der Waals surface area contributed by atoms with Gasteiger partial charge in [0.15, 0.2) is 0 Å². The topological polar surface area (TPSA) is 120 Å². The molecule has 0 saturated carbocycles. The molecule has 0 aromatic carbocycles. The first-order valence-electron chi connectivity index (χ1n) is 6.97. The first kappa shape index (κ1) is 17.2. The zero-order chi connectivity index (χ0) is 17.2. The Morgan fingerprint density at radius 1 is 1.43 bits per heavy atom. The van der Waals surface area contributed by atoms with Gasteiger partial charge in [0.1, 0.15) is 24.0 Å². The number of fused-ring (bicyclic) bond motifs is 1. The van der Waals surface area contributed by atoms with Crippen molar-refractivity contribution in [3.05, 3.63) is 21.9 Å². The van der Waals surface area contributed by atoms with Crippen LogP contribution in [0.1, 0.15) is 37.3 Å². The van der Waals surface area contributed by atoms with Crippen LogP contribution >= 0.6 is 11.3 Å². The summed E-state index contributed by atoms with van der Waals surface area (Å²) in [5, 5.41) is 28.9. The number of aliphatic hydroxyl groups is 1. The summed E-state index contributed by atoms with van der Waals surface area (Å²) in [6.07, 6.45) is -1.83. The molecule has 1 unspecified atom stereocenters. The lowest BCUT2D eigenvalue weighted by Crippen LogP contribution is -2.43. The lowest BCUT2D eigenvalue weighted by molar-refractivity contribution is -0.121. The van der Waals surface area contributed by atoms with Crippen LogP contribution in [0.15, 0.2) is 16.6 Å². The fraction of sp³-hybridized carbons (Fsp3) is 0.500. The summed E-state index contributed by atoms with van der Waals surface area (Å²) < 4.78 is 5.03. The summed E-state index contributed by atoms with van der Waals surface area (Å²) in [7, 11) is 0. The normalized spacial score (nSPS) is 21.8. The van der Waals surface area contributed by atoms with E-state index in [1.165, 1.54) is 11.3 Å². The maximum Gasteiger partial charge on any atom is 0.408 e. The predicted octanol–water partition coefficient (Wildman–Crippen LogP) is 0.983. The van der Waals surface area contributed by atoms with Crippen molar-refractivity contribution in [1.29, 1.82) is 0 Å². The summed E-state index contributed by atoms with van der Waals surface area (Å²) in [4.78, 5) is 24.1. The highest BCUT2D eigenvalue weighted by Crippen LogP contribution is 2.35. The Hall–Kier alpha value is -2.13. The van der Waals surface area contributed by atoms with Crippen LogP contribution in [0.2, 0.25) is 0 Å². The van der Waals surface area contributed by atoms with E-state index in [-0.39, 0.29) is 12.3 Å². The molecule has 23 heavy (non-hydrogen) atoms. The van der Waals surface area contributed by atoms with Gasteiger partial charge in [0, 0.05) is 0 Å². The second-order valence-electron chi connectivity index (χ2n) is 6.04. The molecular formula is C14H19N3O5S. The number of hydrogen-bond acceptors (Lipinski definition) is 7. The molecule has 1 aromatic rings. The van der Waals surface area contributed by atoms with Gasteiger partial charge in [-0.2, -0.15) is 0 Å². The van der Waals surface area contributed by atoms with Crippen molar-refractivity contribution in [2.75, 3.05) is 6.54 Å². The molecule has 1 aliphatic carbocycles. The zero-order valence-corrected chi connectivity index (χ0v) is 13.8. The monoisotopic (exact) mass is 341 g/mol. The van der Waals surface area contributed by atoms with Crippen molar-refractivity contribution in [3.8, 4) is 0 Å². The Kier molecular flexibility index (Phi) is 4.90. The maximum absolute atomic E-state index is 11.9. The van der Waals surface area contributed by atoms with Gasteiger partial charge in [-0.3, -0.25) is 4.79 Å². The van der Waals surface area contributed by atoms with Gasteiger partial charge in [-0.1, -0.05) is 5.16 Å². The number of thiophene rings is 1. The summed E-state index contributed by atoms with van der Waals surface area (Å²) >= 11 is 1.31. The number of rotatable bonds is 3. The number of hydrogen-bond donors (Lipinski definition) is 4. The third-order valence-corrected chi connectivity index (χ3v) is 4.03. The molecule has 2 rings (SSSR count). The van der Waals surface area contributed by atoms with Gasteiger partial charge in [-0.05, 0) is 37.8 Å². The molecule has 2 amide bonds. The SMILES string of the molecule is CC(C)(C)OC(=O)NCC(=O)NC1c2ccsc2/C(=N/O)[C@H]1O. The highest BCUT2D eigenvalue weighted by molar-refractivity contribution is 7.12. The molecule has 1 heterocycles. The second-order valence-corrected chi connectivity index (χ2v) is 6.95. The molecule has 4 N–H and O–H groups in total. The third kappa shape index (κ3) is 3.99. The van der Waals surface area contributed by atoms with Crippen LogP contribution in [-0.2, 0) is 9.53 Å². The summed E-state index contributed by atoms with van der Waals surface area (Å²) in [5.74, 6) is -0.490. The van der Waals surface area contributed by atoms with Crippen LogP contribution in [0.25, 0.3) is 0 Å². The number of carbonyl (C=O) groups is 2. The van der Waals surface area contributed by atoms with E-state index in [0.29, 0.717) is 10.4 Å². The van der Waals surface area contributed by atoms with Crippen LogP contribution < -0.4 is 10.6 Å². The molecule has 0 aliphatic heterocycles. The molecule has 126 valence electrons. The quantitative estimate of drug-likeness (QED) is 0.482. The molecule has 0 spiro atoms. The van der Waals surface area contributed by atoms with Crippen molar-refractivity contribution >= 4 is 29.0 Å². The van der Waals surface area contributed by atoms with Gasteiger partial charge in [0.25, 0.3) is 0 Å². The van der Waals surface area contributed by atoms with Gasteiger partial charge in [-0.25, -0.2) is 4.79 Å². The van der Waals surface area contributed by atoms with Crippen LogP contribution in [-0.4, -0.2) is 46.3 Å². The minimum Gasteiger partial charge on any atom is -0.444 e. The van der Waals surface area contributed by atoms with E-state index in [1.54, 1.807) is 32.2 Å². The average molecular weight is 341 g/mol. The summed E-state index contributed by atoms with van der Waals surface area (Å²) in [6.45, 7) is 4.86. The molecule has 0 bridgehead atoms. The summed E-state index contributed by atoms with van der Waals surface area (Å²) in [6, 6.07) is 1.03. The van der Waals surface area contributed by atoms with Crippen molar-refractivity contribution in [3.63, 3.8) is 0 Å². The second kappa shape index (κ2) is 6.55. The van der Waals surface area contributed by atoms with Crippen molar-refractivity contribution in [2.45, 2.75) is 38.5 Å². The number of alkyl carbamates (subject to hydrolysis) is 1. The average Bonchev–Trinajstić information content (AvgIpc) is 2.98. The third-order valence-electron chi connectivity index (χ3n) is 3.08. The molecule has 0 radical (unpaired) electrons. The van der Waals surface area contributed by atoms with Gasteiger partial charge in [0.05, 0.1) is 10.9 Å². The standard InChI is InChI=1S/C14H19N3O5S/c1-14(2,3)22-13(20)15-6-8(18)16-9-7-4-5-23-12(7)10(17-21)11(9)19/h4-5,9,11,19,21H,6H2,1-3H3,(H,15,20)(H,16,18)/b17-10+/t9?,11-/m0/s1. The number of oxime groups is 1. The number of amides is 2. The lowest BCUT2D eigenvalue weighted by atomic mass is 10.1. The Morgan fingerprint density at radius 3 is 2.74 bits per heavy atom. The van der Waals surface area contributed by atoms with Crippen molar-refractivity contribution in [2.24, 2.45) is 5.16 Å². The van der Waals surface area contributed by atoms with Gasteiger partial charge in [0.2, 0.25) is 5.91 Å². The Morgan fingerprint density at radius 2 is 2.13 bits per heavy atom. The van der Waals surface area contributed by atoms with E-state index >= 15 is 0 Å². The molecule has 1 aromatic heterocycles. The number of carbonyl (C=O) groups excluding carboxylic acids is 2. The van der Waals surface area contributed by atoms with E-state index in [1.807, 2.05) is 0 Å². The Bertz CT molecular complexity index is 635. The predicted molar refractivity (Wildman–Crippen MR) is 83.8 cm³/mol. The van der Waals surface area contributed by atoms with E-state index in [9.17, 15) is 14.7 Å². The maximum atomic E-state index is 11.9. The lowest BCUT2D eigenvalue weighted by Gasteiger charge is -2.20. The highest BCUT2D eigenvalue weighted by atomic mass is 32.1. The van der Waals surface area contributed by atoms with Crippen molar-refractivity contribution in [1.82, 2.24) is 10.6 Å². The van der Waals surface area contributed by atoms with Gasteiger partial charge < -0.3 is 25.7 Å².